The summed E-state index contributed by atoms with van der Waals surface area (Å²) >= 11 is 2.12. The summed E-state index contributed by atoms with van der Waals surface area (Å²) in [6.07, 6.45) is 0. The molecule has 0 bridgehead atoms. The Morgan fingerprint density at radius 1 is 2.00 bits per heavy atom. The zero-order chi connectivity index (χ0) is 3.58. The van der Waals surface area contributed by atoms with Crippen LogP contribution in [0.25, 0.3) is 0 Å². The van der Waals surface area contributed by atoms with Crippen LogP contribution in [0.2, 0.25) is 0 Å². The van der Waals surface area contributed by atoms with E-state index in [0.29, 0.717) is 3.92 Å². The second-order valence-corrected chi connectivity index (χ2v) is 2.64. The average molecular weight is 168 g/mol. The summed E-state index contributed by atoms with van der Waals surface area (Å²) in [5.41, 5.74) is 0. The fourth-order valence-electron chi connectivity index (χ4n) is 0. The molecule has 0 rings (SSSR count). The fraction of sp³-hybridized carbons (Fsp3) is 0.667. The minimum absolute atomic E-state index is 0.303. The van der Waals surface area contributed by atoms with Crippen molar-refractivity contribution in [3.63, 3.8) is 0 Å². The first-order valence-corrected chi connectivity index (χ1v) is 2.37. The van der Waals surface area contributed by atoms with Gasteiger partial charge in [-0.2, -0.15) is 0 Å². The van der Waals surface area contributed by atoms with Gasteiger partial charge in [-0.25, -0.2) is 0 Å². The third-order valence-corrected chi connectivity index (χ3v) is 0. The monoisotopic (exact) mass is 168 g/mol. The summed E-state index contributed by atoms with van der Waals surface area (Å²) in [6.45, 7) is 7.03. The van der Waals surface area contributed by atoms with E-state index in [1.807, 2.05) is 6.92 Å². The van der Waals surface area contributed by atoms with E-state index in [1.54, 1.807) is 0 Å². The fourth-order valence-corrected chi connectivity index (χ4v) is 0. The molecule has 1 unspecified atom stereocenters. The van der Waals surface area contributed by atoms with Crippen molar-refractivity contribution < 1.29 is 0 Å². The minimum Gasteiger partial charge on any atom is -0.0826 e. The highest BCUT2D eigenvalue weighted by Crippen LogP contribution is 1.90. The van der Waals surface area contributed by atoms with E-state index < -0.39 is 0 Å². The van der Waals surface area contributed by atoms with Gasteiger partial charge in [0.15, 0.2) is 0 Å². The molecule has 0 aromatic rings. The molecule has 24 valence electrons. The van der Waals surface area contributed by atoms with Crippen molar-refractivity contribution in [1.82, 2.24) is 0 Å². The van der Waals surface area contributed by atoms with Gasteiger partial charge in [0.2, 0.25) is 0 Å². The maximum Gasteiger partial charge on any atom is 0.0116 e. The van der Waals surface area contributed by atoms with Crippen molar-refractivity contribution in [2.24, 2.45) is 0 Å². The maximum atomic E-state index is 5.10. The largest absolute Gasteiger partial charge is 0.0826 e. The highest BCUT2D eigenvalue weighted by molar-refractivity contribution is 14.1. The molecule has 0 aliphatic rings. The molecule has 0 N–H and O–H groups in total. The Morgan fingerprint density at radius 2 is 2.00 bits per heavy atom. The first-order chi connectivity index (χ1) is 1.73. The van der Waals surface area contributed by atoms with Gasteiger partial charge in [-0.15, -0.1) is 0 Å². The maximum absolute atomic E-state index is 5.10. The predicted octanol–water partition coefficient (Wildman–Crippen LogP) is 1.52. The number of rotatable bonds is 0. The molecule has 0 fully saturated rings. The van der Waals surface area contributed by atoms with E-state index in [0.717, 1.165) is 0 Å². The van der Waals surface area contributed by atoms with E-state index in [-0.39, 0.29) is 0 Å². The Hall–Kier alpha value is 0.730. The standard InChI is InChI=1S/C3H5I/c1-3(2)4/h1,3H,2H3. The van der Waals surface area contributed by atoms with Crippen LogP contribution in [0.4, 0.5) is 0 Å². The summed E-state index contributed by atoms with van der Waals surface area (Å²) in [6, 6.07) is 0. The third-order valence-electron chi connectivity index (χ3n) is 0. The topological polar surface area (TPSA) is 0 Å². The molecule has 4 heavy (non-hydrogen) atoms. The molecule has 0 aliphatic heterocycles. The van der Waals surface area contributed by atoms with Crippen LogP contribution in [0.1, 0.15) is 6.92 Å². The van der Waals surface area contributed by atoms with E-state index in [9.17, 15) is 0 Å². The van der Waals surface area contributed by atoms with Crippen molar-refractivity contribution in [1.29, 1.82) is 0 Å². The van der Waals surface area contributed by atoms with Crippen LogP contribution >= 0.6 is 22.6 Å². The van der Waals surface area contributed by atoms with Gasteiger partial charge in [0.1, 0.15) is 0 Å². The predicted molar refractivity (Wildman–Crippen MR) is 27.8 cm³/mol. The molecule has 0 nitrogen and oxygen atoms in total. The lowest BCUT2D eigenvalue weighted by molar-refractivity contribution is 1.30. The van der Waals surface area contributed by atoms with E-state index >= 15 is 0 Å². The smallest absolute Gasteiger partial charge is 0.0116 e. The van der Waals surface area contributed by atoms with Crippen LogP contribution < -0.4 is 0 Å². The van der Waals surface area contributed by atoms with Crippen LogP contribution in [-0.2, 0) is 0 Å². The normalized spacial score (nSPS) is 9.00. The lowest BCUT2D eigenvalue weighted by Gasteiger charge is -1.75. The molecule has 1 atom stereocenters. The zero-order valence-corrected chi connectivity index (χ0v) is 4.69. The van der Waals surface area contributed by atoms with Crippen LogP contribution in [0.3, 0.4) is 0 Å². The Labute approximate surface area is 40.7 Å². The van der Waals surface area contributed by atoms with Crippen molar-refractivity contribution in [3.05, 3.63) is 6.92 Å². The van der Waals surface area contributed by atoms with Crippen LogP contribution in [0, 0.1) is 6.92 Å². The van der Waals surface area contributed by atoms with Gasteiger partial charge < -0.3 is 0 Å². The highest BCUT2D eigenvalue weighted by atomic mass is 127. The van der Waals surface area contributed by atoms with Crippen LogP contribution in [0.15, 0.2) is 0 Å². The lowest BCUT2D eigenvalue weighted by Crippen LogP contribution is -1.70. The number of alkyl halides is 1. The van der Waals surface area contributed by atoms with Crippen LogP contribution in [-0.4, -0.2) is 3.92 Å². The van der Waals surface area contributed by atoms with Gasteiger partial charge >= 0.3 is 0 Å². The zero-order valence-electron chi connectivity index (χ0n) is 2.53. The second kappa shape index (κ2) is 2.00. The minimum atomic E-state index is 0.303. The summed E-state index contributed by atoms with van der Waals surface area (Å²) in [5, 5.41) is 0. The highest BCUT2D eigenvalue weighted by Gasteiger charge is 1.71. The first kappa shape index (κ1) is 4.73. The summed E-state index contributed by atoms with van der Waals surface area (Å²) in [5.74, 6) is 0. The Kier molecular flexibility index (Phi) is 2.36. The van der Waals surface area contributed by atoms with E-state index in [1.165, 1.54) is 0 Å². The van der Waals surface area contributed by atoms with Gasteiger partial charge in [-0.1, -0.05) is 29.5 Å². The van der Waals surface area contributed by atoms with Gasteiger partial charge in [-0.3, -0.25) is 0 Å². The molecule has 0 spiro atoms. The summed E-state index contributed by atoms with van der Waals surface area (Å²) in [4.78, 5) is 0. The van der Waals surface area contributed by atoms with E-state index in [2.05, 4.69) is 22.6 Å². The summed E-state index contributed by atoms with van der Waals surface area (Å²) in [7, 11) is 0. The number of halogens is 1. The van der Waals surface area contributed by atoms with Gasteiger partial charge in [-0.05, 0) is 6.92 Å². The van der Waals surface area contributed by atoms with E-state index in [4.69, 9.17) is 6.92 Å². The van der Waals surface area contributed by atoms with Crippen molar-refractivity contribution >= 4 is 22.6 Å². The van der Waals surface area contributed by atoms with Gasteiger partial charge in [0.25, 0.3) is 0 Å². The lowest BCUT2D eigenvalue weighted by atomic mass is 10.6. The Bertz CT molecular complexity index is 8.00. The Balaban J connectivity index is 2.32. The first-order valence-electron chi connectivity index (χ1n) is 1.13. The molecular formula is C3H5I. The SMILES string of the molecule is [CH]C(C)I. The number of hydrogen-bond donors (Lipinski definition) is 0. The van der Waals surface area contributed by atoms with Crippen molar-refractivity contribution in [2.75, 3.05) is 0 Å². The molecule has 0 aromatic carbocycles. The van der Waals surface area contributed by atoms with Crippen molar-refractivity contribution in [3.8, 4) is 0 Å². The average Bonchev–Trinajstić information content (AvgIpc) is 0.811. The number of hydrogen-bond acceptors (Lipinski definition) is 0. The third kappa shape index (κ3) is 15.3. The molecule has 0 aromatic heterocycles. The molecule has 1 heteroatoms. The van der Waals surface area contributed by atoms with Crippen LogP contribution in [0.5, 0.6) is 0 Å². The molecular weight excluding hydrogens is 163 g/mol. The Morgan fingerprint density at radius 3 is 2.00 bits per heavy atom. The van der Waals surface area contributed by atoms with Gasteiger partial charge in [0.05, 0.1) is 0 Å². The van der Waals surface area contributed by atoms with Gasteiger partial charge in [0, 0.05) is 3.92 Å². The quantitative estimate of drug-likeness (QED) is 0.380. The van der Waals surface area contributed by atoms with Crippen molar-refractivity contribution in [2.45, 2.75) is 10.8 Å². The second-order valence-electron chi connectivity index (χ2n) is 0.678. The molecule has 0 saturated carbocycles. The molecule has 0 saturated heterocycles. The molecule has 0 heterocycles. The molecule has 0 amide bonds. The molecule has 0 aliphatic carbocycles. The molecule has 2 radical (unpaired) electrons. The summed E-state index contributed by atoms with van der Waals surface area (Å²) < 4.78 is 0.303.